The summed E-state index contributed by atoms with van der Waals surface area (Å²) in [4.78, 5) is 0. The maximum Gasteiger partial charge on any atom is 0.0205 e. The first-order valence-corrected chi connectivity index (χ1v) is 13.8. The van der Waals surface area contributed by atoms with Gasteiger partial charge in [0.1, 0.15) is 0 Å². The van der Waals surface area contributed by atoms with Crippen LogP contribution in [0.4, 0.5) is 0 Å². The van der Waals surface area contributed by atoms with E-state index in [-0.39, 0.29) is 17.3 Å². The topological polar surface area (TPSA) is 0 Å². The summed E-state index contributed by atoms with van der Waals surface area (Å²) >= 11 is 0. The summed E-state index contributed by atoms with van der Waals surface area (Å²) in [5.41, 5.74) is 12.7. The molecule has 0 heteroatoms. The van der Waals surface area contributed by atoms with E-state index < -0.39 is 0 Å². The lowest BCUT2D eigenvalue weighted by Gasteiger charge is -2.42. The van der Waals surface area contributed by atoms with E-state index in [1.54, 1.807) is 0 Å². The van der Waals surface area contributed by atoms with Gasteiger partial charge in [-0.1, -0.05) is 146 Å². The largest absolute Gasteiger partial charge is 0.0722 e. The van der Waals surface area contributed by atoms with Crippen LogP contribution in [0.5, 0.6) is 0 Å². The van der Waals surface area contributed by atoms with Gasteiger partial charge >= 0.3 is 0 Å². The van der Waals surface area contributed by atoms with Gasteiger partial charge in [0, 0.05) is 17.3 Å². The quantitative estimate of drug-likeness (QED) is 0.223. The van der Waals surface area contributed by atoms with E-state index in [4.69, 9.17) is 0 Å². The van der Waals surface area contributed by atoms with Crippen LogP contribution in [-0.4, -0.2) is 0 Å². The molecule has 0 saturated carbocycles. The molecular weight excluding hydrogens is 456 g/mol. The first kappa shape index (κ1) is 23.0. The third kappa shape index (κ3) is 3.59. The van der Waals surface area contributed by atoms with Gasteiger partial charge < -0.3 is 0 Å². The van der Waals surface area contributed by atoms with Crippen molar-refractivity contribution in [3.05, 3.63) is 173 Å². The van der Waals surface area contributed by atoms with Crippen molar-refractivity contribution in [3.63, 3.8) is 0 Å². The Bertz CT molecular complexity index is 1580. The predicted molar refractivity (Wildman–Crippen MR) is 159 cm³/mol. The molecule has 0 saturated heterocycles. The zero-order valence-corrected chi connectivity index (χ0v) is 21.8. The molecule has 5 aromatic rings. The first-order valence-electron chi connectivity index (χ1n) is 13.8. The number of hydrogen-bond acceptors (Lipinski definition) is 0. The minimum Gasteiger partial charge on any atom is -0.0722 e. The summed E-state index contributed by atoms with van der Waals surface area (Å²) in [6, 6.07) is 49.5. The van der Waals surface area contributed by atoms with Crippen molar-refractivity contribution < 1.29 is 0 Å². The second kappa shape index (κ2) is 9.30. The molecule has 0 heterocycles. The van der Waals surface area contributed by atoms with Gasteiger partial charge in [-0.15, -0.1) is 0 Å². The minimum atomic E-state index is -0.158. The third-order valence-corrected chi connectivity index (χ3v) is 9.01. The van der Waals surface area contributed by atoms with Crippen LogP contribution in [0.3, 0.4) is 0 Å². The lowest BCUT2D eigenvalue weighted by Crippen LogP contribution is -2.36. The third-order valence-electron chi connectivity index (χ3n) is 9.01. The maximum atomic E-state index is 2.62. The number of hydrogen-bond donors (Lipinski definition) is 0. The Hall–Kier alpha value is -4.16. The molecule has 2 aliphatic carbocycles. The summed E-state index contributed by atoms with van der Waals surface area (Å²) < 4.78 is 0. The van der Waals surface area contributed by atoms with Crippen molar-refractivity contribution >= 4 is 5.57 Å². The molecule has 0 aliphatic heterocycles. The summed E-state index contributed by atoms with van der Waals surface area (Å²) in [5, 5.41) is 0. The van der Waals surface area contributed by atoms with Crippen molar-refractivity contribution in [1.29, 1.82) is 0 Å². The van der Waals surface area contributed by atoms with Crippen LogP contribution in [0, 0.1) is 0 Å². The Balaban J connectivity index is 1.41. The van der Waals surface area contributed by atoms with Crippen LogP contribution in [-0.2, 0) is 11.8 Å². The molecule has 2 unspecified atom stereocenters. The zero-order valence-electron chi connectivity index (χ0n) is 21.8. The van der Waals surface area contributed by atoms with E-state index in [2.05, 4.69) is 146 Å². The van der Waals surface area contributed by atoms with E-state index in [1.165, 1.54) is 50.1 Å². The second-order valence-corrected chi connectivity index (χ2v) is 11.0. The normalized spacial score (nSPS) is 17.3. The highest BCUT2D eigenvalue weighted by atomic mass is 14.5. The second-order valence-electron chi connectivity index (χ2n) is 11.0. The highest BCUT2D eigenvalue weighted by Crippen LogP contribution is 2.60. The summed E-state index contributed by atoms with van der Waals surface area (Å²) in [6.45, 7) is 2.52. The molecule has 2 atom stereocenters. The van der Waals surface area contributed by atoms with E-state index in [9.17, 15) is 0 Å². The fraction of sp³-hybridized carbons (Fsp3) is 0.158. The molecule has 0 N–H and O–H groups in total. The molecule has 0 fully saturated rings. The van der Waals surface area contributed by atoms with Gasteiger partial charge in [-0.3, -0.25) is 0 Å². The average molecular weight is 489 g/mol. The molecule has 184 valence electrons. The molecular formula is C38H32. The first-order chi connectivity index (χ1) is 18.7. The lowest BCUT2D eigenvalue weighted by molar-refractivity contribution is 0.381. The minimum absolute atomic E-state index is 0.158. The fourth-order valence-corrected chi connectivity index (χ4v) is 7.20. The maximum absolute atomic E-state index is 2.62. The number of fused-ring (bicyclic) bond motifs is 4. The zero-order chi connectivity index (χ0) is 25.5. The van der Waals surface area contributed by atoms with Gasteiger partial charge in [0.05, 0.1) is 0 Å². The highest BCUT2D eigenvalue weighted by Gasteiger charge is 2.49. The Labute approximate surface area is 226 Å². The summed E-state index contributed by atoms with van der Waals surface area (Å²) in [5.74, 6) is 0.538. The van der Waals surface area contributed by atoms with Crippen LogP contribution >= 0.6 is 0 Å². The van der Waals surface area contributed by atoms with Crippen LogP contribution in [0.25, 0.3) is 16.7 Å². The molecule has 5 aromatic carbocycles. The van der Waals surface area contributed by atoms with Crippen molar-refractivity contribution in [2.45, 2.75) is 37.0 Å². The van der Waals surface area contributed by atoms with Crippen molar-refractivity contribution in [2.24, 2.45) is 0 Å². The van der Waals surface area contributed by atoms with Crippen LogP contribution in [0.2, 0.25) is 0 Å². The Morgan fingerprint density at radius 1 is 0.500 bits per heavy atom. The Morgan fingerprint density at radius 2 is 1.00 bits per heavy atom. The fourth-order valence-electron chi connectivity index (χ4n) is 7.20. The van der Waals surface area contributed by atoms with Crippen molar-refractivity contribution in [3.8, 4) is 11.1 Å². The van der Waals surface area contributed by atoms with E-state index in [0.29, 0.717) is 0 Å². The van der Waals surface area contributed by atoms with Crippen molar-refractivity contribution in [1.82, 2.24) is 0 Å². The van der Waals surface area contributed by atoms with Gasteiger partial charge in [-0.2, -0.15) is 0 Å². The van der Waals surface area contributed by atoms with E-state index in [1.807, 2.05) is 0 Å². The van der Waals surface area contributed by atoms with E-state index >= 15 is 0 Å². The van der Waals surface area contributed by atoms with Crippen LogP contribution in [0.15, 0.2) is 140 Å². The Kier molecular flexibility index (Phi) is 5.63. The van der Waals surface area contributed by atoms with Gasteiger partial charge in [-0.25, -0.2) is 0 Å². The molecule has 0 aromatic heterocycles. The Morgan fingerprint density at radius 3 is 1.63 bits per heavy atom. The average Bonchev–Trinajstić information content (AvgIpc) is 3.53. The molecule has 0 radical (unpaired) electrons. The smallest absolute Gasteiger partial charge is 0.0205 e. The molecule has 0 nitrogen and oxygen atoms in total. The summed E-state index contributed by atoms with van der Waals surface area (Å²) in [6.07, 6.45) is 4.73. The lowest BCUT2D eigenvalue weighted by atomic mass is 9.60. The number of rotatable bonds is 6. The van der Waals surface area contributed by atoms with Crippen LogP contribution in [0.1, 0.15) is 58.6 Å². The monoisotopic (exact) mass is 488 g/mol. The molecule has 7 rings (SSSR count). The van der Waals surface area contributed by atoms with E-state index in [0.717, 1.165) is 12.8 Å². The number of allylic oxidation sites excluding steroid dienone is 2. The number of benzene rings is 5. The SMILES string of the molecule is CC(c1ccccc1)(C1C=C(CCc2ccccc2)c2ccccc21)C1c2ccccc2-c2ccccc21. The molecule has 2 aliphatic rings. The van der Waals surface area contributed by atoms with Crippen LogP contribution < -0.4 is 0 Å². The molecule has 0 spiro atoms. The predicted octanol–water partition coefficient (Wildman–Crippen LogP) is 9.57. The van der Waals surface area contributed by atoms with Crippen molar-refractivity contribution in [2.75, 3.05) is 0 Å². The molecule has 0 amide bonds. The van der Waals surface area contributed by atoms with Gasteiger partial charge in [0.15, 0.2) is 0 Å². The summed E-state index contributed by atoms with van der Waals surface area (Å²) in [7, 11) is 0. The molecule has 38 heavy (non-hydrogen) atoms. The highest BCUT2D eigenvalue weighted by molar-refractivity contribution is 5.82. The number of aryl methyl sites for hydroxylation is 1. The van der Waals surface area contributed by atoms with Gasteiger partial charge in [-0.05, 0) is 62.9 Å². The van der Waals surface area contributed by atoms with Gasteiger partial charge in [0.25, 0.3) is 0 Å². The molecule has 0 bridgehead atoms. The van der Waals surface area contributed by atoms with Gasteiger partial charge in [0.2, 0.25) is 0 Å². The standard InChI is InChI=1S/C38H32/c1-38(29-16-6-3-7-17-29,37-34-22-12-9-19-31(34)32-20-10-13-23-35(32)37)36-26-28(30-18-8-11-21-33(30)36)25-24-27-14-4-2-5-15-27/h2-23,26,36-37H,24-25H2,1H3.